The second-order valence-corrected chi connectivity index (χ2v) is 2.85. The van der Waals surface area contributed by atoms with Crippen molar-refractivity contribution < 1.29 is 0 Å². The van der Waals surface area contributed by atoms with E-state index in [1.807, 2.05) is 45.0 Å². The van der Waals surface area contributed by atoms with Crippen LogP contribution in [0.25, 0.3) is 0 Å². The highest BCUT2D eigenvalue weighted by Crippen LogP contribution is 2.11. The zero-order chi connectivity index (χ0) is 11.7. The summed E-state index contributed by atoms with van der Waals surface area (Å²) < 4.78 is 0. The number of nitrogens with zero attached hydrogens (tertiary/aromatic N) is 2. The fourth-order valence-corrected chi connectivity index (χ4v) is 0.817. The van der Waals surface area contributed by atoms with Crippen molar-refractivity contribution in [2.45, 2.75) is 27.7 Å². The largest absolute Gasteiger partial charge is 0.387 e. The van der Waals surface area contributed by atoms with Gasteiger partial charge in [0.15, 0.2) is 0 Å². The van der Waals surface area contributed by atoms with Gasteiger partial charge in [-0.3, -0.25) is 0 Å². The lowest BCUT2D eigenvalue weighted by atomic mass is 10.2. The molecular formula is C12H19N3. The molecule has 0 spiro atoms. The van der Waals surface area contributed by atoms with Gasteiger partial charge in [-0.2, -0.15) is 0 Å². The first kappa shape index (κ1) is 13.4. The van der Waals surface area contributed by atoms with E-state index < -0.39 is 0 Å². The predicted octanol–water partition coefficient (Wildman–Crippen LogP) is 3.06. The highest BCUT2D eigenvalue weighted by molar-refractivity contribution is 5.85. The molecule has 82 valence electrons. The van der Waals surface area contributed by atoms with E-state index in [0.717, 1.165) is 5.69 Å². The van der Waals surface area contributed by atoms with Gasteiger partial charge in [0.05, 0.1) is 11.5 Å². The fraction of sp³-hybridized carbons (Fsp3) is 0.333. The third-order valence-corrected chi connectivity index (χ3v) is 1.50. The van der Waals surface area contributed by atoms with Gasteiger partial charge in [-0.15, -0.1) is 0 Å². The lowest BCUT2D eigenvalue weighted by molar-refractivity contribution is 1.43. The van der Waals surface area contributed by atoms with Gasteiger partial charge in [0.25, 0.3) is 0 Å². The first-order chi connectivity index (χ1) is 7.18. The van der Waals surface area contributed by atoms with Gasteiger partial charge in [0.1, 0.15) is 6.34 Å². The Labute approximate surface area is 91.8 Å². The number of aliphatic imine (C=N–C) groups is 2. The third-order valence-electron chi connectivity index (χ3n) is 1.50. The molecule has 2 N–H and O–H groups in total. The lowest BCUT2D eigenvalue weighted by Gasteiger charge is -1.92. The van der Waals surface area contributed by atoms with E-state index in [1.54, 1.807) is 6.92 Å². The maximum atomic E-state index is 5.34. The van der Waals surface area contributed by atoms with Crippen LogP contribution in [0.4, 0.5) is 5.69 Å². The van der Waals surface area contributed by atoms with Gasteiger partial charge in [-0.05, 0) is 26.0 Å². The fourth-order valence-electron chi connectivity index (χ4n) is 0.817. The van der Waals surface area contributed by atoms with Gasteiger partial charge in [-0.25, -0.2) is 9.98 Å². The Hall–Kier alpha value is -1.64. The van der Waals surface area contributed by atoms with E-state index in [1.165, 1.54) is 11.9 Å². The summed E-state index contributed by atoms with van der Waals surface area (Å²) in [6, 6.07) is 7.89. The van der Waals surface area contributed by atoms with Crippen LogP contribution in [-0.4, -0.2) is 12.2 Å². The molecule has 15 heavy (non-hydrogen) atoms. The molecule has 0 fully saturated rings. The highest BCUT2D eigenvalue weighted by atomic mass is 14.9. The summed E-state index contributed by atoms with van der Waals surface area (Å²) in [7, 11) is 0. The molecule has 0 heterocycles. The van der Waals surface area contributed by atoms with Crippen molar-refractivity contribution in [3.05, 3.63) is 29.8 Å². The summed E-state index contributed by atoms with van der Waals surface area (Å²) in [6.45, 7) is 7.76. The zero-order valence-electron chi connectivity index (χ0n) is 9.86. The van der Waals surface area contributed by atoms with E-state index in [0.29, 0.717) is 5.84 Å². The smallest absolute Gasteiger partial charge is 0.118 e. The van der Waals surface area contributed by atoms with Crippen molar-refractivity contribution in [3.63, 3.8) is 0 Å². The number of nitrogens with two attached hydrogens (primary N) is 1. The molecule has 1 aromatic rings. The molecule has 0 aliphatic rings. The van der Waals surface area contributed by atoms with Gasteiger partial charge < -0.3 is 5.73 Å². The van der Waals surface area contributed by atoms with Gasteiger partial charge in [0.2, 0.25) is 0 Å². The molecule has 0 aliphatic heterocycles. The van der Waals surface area contributed by atoms with E-state index in [-0.39, 0.29) is 0 Å². The second-order valence-electron chi connectivity index (χ2n) is 2.85. The van der Waals surface area contributed by atoms with Crippen molar-refractivity contribution in [3.8, 4) is 0 Å². The van der Waals surface area contributed by atoms with Crippen molar-refractivity contribution in [2.24, 2.45) is 15.7 Å². The highest BCUT2D eigenvalue weighted by Gasteiger charge is 1.85. The Morgan fingerprint density at radius 1 is 1.20 bits per heavy atom. The molecule has 0 saturated carbocycles. The molecule has 0 bridgehead atoms. The lowest BCUT2D eigenvalue weighted by Crippen LogP contribution is -2.04. The summed E-state index contributed by atoms with van der Waals surface area (Å²) in [5.74, 6) is 0.510. The van der Waals surface area contributed by atoms with Crippen molar-refractivity contribution in [1.29, 1.82) is 0 Å². The van der Waals surface area contributed by atoms with Crippen molar-refractivity contribution in [2.75, 3.05) is 0 Å². The van der Waals surface area contributed by atoms with Crippen LogP contribution in [-0.2, 0) is 0 Å². The molecule has 0 unspecified atom stereocenters. The van der Waals surface area contributed by atoms with E-state index >= 15 is 0 Å². The van der Waals surface area contributed by atoms with Crippen LogP contribution in [0.15, 0.2) is 34.3 Å². The Bertz CT molecular complexity index is 319. The quantitative estimate of drug-likeness (QED) is 0.585. The summed E-state index contributed by atoms with van der Waals surface area (Å²) in [5.41, 5.74) is 7.44. The summed E-state index contributed by atoms with van der Waals surface area (Å²) in [5, 5.41) is 0. The van der Waals surface area contributed by atoms with Crippen LogP contribution in [0.3, 0.4) is 0 Å². The van der Waals surface area contributed by atoms with Crippen LogP contribution in [0.5, 0.6) is 0 Å². The Kier molecular flexibility index (Phi) is 6.89. The molecule has 0 atom stereocenters. The maximum absolute atomic E-state index is 5.34. The van der Waals surface area contributed by atoms with Crippen LogP contribution >= 0.6 is 0 Å². The first-order valence-corrected chi connectivity index (χ1v) is 5.07. The summed E-state index contributed by atoms with van der Waals surface area (Å²) in [6.07, 6.45) is 1.46. The molecule has 0 radical (unpaired) electrons. The first-order valence-electron chi connectivity index (χ1n) is 5.07. The Morgan fingerprint density at radius 3 is 2.20 bits per heavy atom. The van der Waals surface area contributed by atoms with Gasteiger partial charge in [-0.1, -0.05) is 31.5 Å². The number of rotatable bonds is 2. The van der Waals surface area contributed by atoms with Crippen LogP contribution in [0.2, 0.25) is 0 Å². The summed E-state index contributed by atoms with van der Waals surface area (Å²) >= 11 is 0. The number of benzene rings is 1. The van der Waals surface area contributed by atoms with Crippen LogP contribution in [0, 0.1) is 6.92 Å². The zero-order valence-corrected chi connectivity index (χ0v) is 9.86. The standard InChI is InChI=1S/C10H13N3.C2H6/c1-8-3-5-10(6-4-8)13-7-12-9(2)11;1-2/h3-7H,1-2H3,(H2,11,12,13);1-2H3. The minimum Gasteiger partial charge on any atom is -0.387 e. The van der Waals surface area contributed by atoms with E-state index in [2.05, 4.69) is 9.98 Å². The molecule has 1 aromatic carbocycles. The van der Waals surface area contributed by atoms with Gasteiger partial charge >= 0.3 is 0 Å². The maximum Gasteiger partial charge on any atom is 0.118 e. The number of hydrogen-bond acceptors (Lipinski definition) is 1. The summed E-state index contributed by atoms with van der Waals surface area (Å²) in [4.78, 5) is 7.94. The molecular weight excluding hydrogens is 186 g/mol. The van der Waals surface area contributed by atoms with Gasteiger partial charge in [0, 0.05) is 0 Å². The van der Waals surface area contributed by atoms with Crippen LogP contribution < -0.4 is 5.73 Å². The number of amidine groups is 1. The Balaban J connectivity index is 0.000000921. The van der Waals surface area contributed by atoms with E-state index in [4.69, 9.17) is 5.73 Å². The number of hydrogen-bond donors (Lipinski definition) is 1. The average Bonchev–Trinajstić information content (AvgIpc) is 2.23. The minimum absolute atomic E-state index is 0.510. The molecule has 0 aromatic heterocycles. The Morgan fingerprint density at radius 2 is 1.73 bits per heavy atom. The normalized spacial score (nSPS) is 11.1. The van der Waals surface area contributed by atoms with E-state index in [9.17, 15) is 0 Å². The molecule has 0 saturated heterocycles. The van der Waals surface area contributed by atoms with Crippen molar-refractivity contribution >= 4 is 17.9 Å². The molecule has 3 nitrogen and oxygen atoms in total. The van der Waals surface area contributed by atoms with Crippen molar-refractivity contribution in [1.82, 2.24) is 0 Å². The molecule has 0 aliphatic carbocycles. The van der Waals surface area contributed by atoms with Crippen LogP contribution in [0.1, 0.15) is 26.3 Å². The molecule has 3 heteroatoms. The second kappa shape index (κ2) is 7.74. The monoisotopic (exact) mass is 205 g/mol. The predicted molar refractivity (Wildman–Crippen MR) is 68.0 cm³/mol. The topological polar surface area (TPSA) is 50.7 Å². The minimum atomic E-state index is 0.510. The average molecular weight is 205 g/mol. The SMILES string of the molecule is CC.CC(N)=NC=Nc1ccc(C)cc1. The molecule has 0 amide bonds. The number of aryl methyl sites for hydroxylation is 1. The molecule has 1 rings (SSSR count). The third kappa shape index (κ3) is 6.43.